The minimum atomic E-state index is -0.238. The van der Waals surface area contributed by atoms with Crippen LogP contribution >= 0.6 is 0 Å². The second-order valence-electron chi connectivity index (χ2n) is 15.8. The largest absolute Gasteiger partial charge is 0.453 e. The molecular formula is C55H40N2O. The molecule has 0 saturated carbocycles. The first kappa shape index (κ1) is 33.9. The molecule has 2 heterocycles. The molecule has 9 aromatic rings. The van der Waals surface area contributed by atoms with Crippen LogP contribution in [0.5, 0.6) is 11.5 Å². The topological polar surface area (TPSA) is 15.7 Å². The van der Waals surface area contributed by atoms with Crippen molar-refractivity contribution in [2.75, 3.05) is 9.80 Å². The van der Waals surface area contributed by atoms with Crippen LogP contribution < -0.4 is 14.5 Å². The number of anilines is 6. The minimum Gasteiger partial charge on any atom is -0.453 e. The number of rotatable bonds is 6. The van der Waals surface area contributed by atoms with Crippen molar-refractivity contribution in [1.29, 1.82) is 0 Å². The molecule has 0 aliphatic carbocycles. The number of hydrogen-bond acceptors (Lipinski definition) is 3. The third-order valence-electron chi connectivity index (χ3n) is 12.0. The minimum absolute atomic E-state index is 0.238. The van der Waals surface area contributed by atoms with Gasteiger partial charge in [0.15, 0.2) is 11.5 Å². The molecule has 0 fully saturated rings. The predicted molar refractivity (Wildman–Crippen MR) is 242 cm³/mol. The zero-order valence-electron chi connectivity index (χ0n) is 32.4. The van der Waals surface area contributed by atoms with E-state index in [9.17, 15) is 0 Å². The molecule has 0 atom stereocenters. The standard InChI is InChI=1S/C55H40N2O/c1-55(2)48-33-27-43(36-50(48)57-53-47-20-10-9-17-41(47)28-34-52(53)58-51-22-12-21-49(55)54(51)57)42-18-11-19-46(35-42)56(44-29-23-39(24-30-44)37-13-5-3-6-14-37)45-31-25-40(26-32-45)38-15-7-4-8-16-38/h3-36H,1-2H3. The van der Waals surface area contributed by atoms with E-state index in [0.29, 0.717) is 0 Å². The van der Waals surface area contributed by atoms with Gasteiger partial charge in [0.1, 0.15) is 0 Å². The second kappa shape index (κ2) is 13.4. The summed E-state index contributed by atoms with van der Waals surface area (Å²) in [7, 11) is 0. The van der Waals surface area contributed by atoms with Gasteiger partial charge in [0.2, 0.25) is 0 Å². The molecule has 2 aliphatic heterocycles. The number of para-hydroxylation sites is 1. The third kappa shape index (κ3) is 5.50. The molecule has 11 rings (SSSR count). The fraction of sp³-hybridized carbons (Fsp3) is 0.0545. The van der Waals surface area contributed by atoms with E-state index in [2.05, 4.69) is 230 Å². The highest BCUT2D eigenvalue weighted by molar-refractivity contribution is 6.06. The zero-order valence-corrected chi connectivity index (χ0v) is 32.4. The van der Waals surface area contributed by atoms with E-state index in [-0.39, 0.29) is 5.41 Å². The summed E-state index contributed by atoms with van der Waals surface area (Å²) in [5.74, 6) is 1.76. The Labute approximate surface area is 339 Å². The molecule has 2 aliphatic rings. The molecule has 0 radical (unpaired) electrons. The fourth-order valence-corrected chi connectivity index (χ4v) is 9.07. The molecule has 58 heavy (non-hydrogen) atoms. The Balaban J connectivity index is 1.05. The van der Waals surface area contributed by atoms with Crippen molar-refractivity contribution in [1.82, 2.24) is 0 Å². The first-order valence-corrected chi connectivity index (χ1v) is 20.0. The monoisotopic (exact) mass is 744 g/mol. The van der Waals surface area contributed by atoms with Crippen molar-refractivity contribution in [3.8, 4) is 44.9 Å². The normalized spacial score (nSPS) is 13.2. The van der Waals surface area contributed by atoms with Gasteiger partial charge in [0, 0.05) is 27.9 Å². The Morgan fingerprint density at radius 3 is 1.64 bits per heavy atom. The van der Waals surface area contributed by atoms with Crippen LogP contribution in [0.15, 0.2) is 206 Å². The molecule has 9 aromatic carbocycles. The van der Waals surface area contributed by atoms with Crippen molar-refractivity contribution in [2.24, 2.45) is 0 Å². The Bertz CT molecular complexity index is 2910. The van der Waals surface area contributed by atoms with Gasteiger partial charge in [-0.25, -0.2) is 0 Å². The molecule has 0 aromatic heterocycles. The van der Waals surface area contributed by atoms with E-state index in [1.54, 1.807) is 0 Å². The van der Waals surface area contributed by atoms with Gasteiger partial charge >= 0.3 is 0 Å². The molecular weight excluding hydrogens is 705 g/mol. The molecule has 0 amide bonds. The summed E-state index contributed by atoms with van der Waals surface area (Å²) in [6.07, 6.45) is 0. The Kier molecular flexibility index (Phi) is 7.84. The van der Waals surface area contributed by atoms with E-state index in [0.717, 1.165) is 51.1 Å². The average molecular weight is 745 g/mol. The Hall–Kier alpha value is -7.36. The quantitative estimate of drug-likeness (QED) is 0.169. The van der Waals surface area contributed by atoms with Crippen LogP contribution in [-0.4, -0.2) is 0 Å². The van der Waals surface area contributed by atoms with Crippen molar-refractivity contribution >= 4 is 44.9 Å². The van der Waals surface area contributed by atoms with Crippen molar-refractivity contribution in [3.05, 3.63) is 217 Å². The molecule has 276 valence electrons. The lowest BCUT2D eigenvalue weighted by atomic mass is 9.72. The smallest absolute Gasteiger partial charge is 0.152 e. The highest BCUT2D eigenvalue weighted by Crippen LogP contribution is 2.61. The number of nitrogens with zero attached hydrogens (tertiary/aromatic N) is 2. The number of fused-ring (bicyclic) bond motifs is 6. The van der Waals surface area contributed by atoms with Gasteiger partial charge in [-0.15, -0.1) is 0 Å². The van der Waals surface area contributed by atoms with Gasteiger partial charge in [-0.05, 0) is 104 Å². The van der Waals surface area contributed by atoms with Crippen molar-refractivity contribution in [2.45, 2.75) is 19.3 Å². The summed E-state index contributed by atoms with van der Waals surface area (Å²) in [5.41, 5.74) is 16.1. The number of ether oxygens (including phenoxy) is 1. The predicted octanol–water partition coefficient (Wildman–Crippen LogP) is 15.5. The van der Waals surface area contributed by atoms with Crippen LogP contribution in [0, 0.1) is 0 Å². The van der Waals surface area contributed by atoms with E-state index >= 15 is 0 Å². The van der Waals surface area contributed by atoms with Crippen LogP contribution in [0.1, 0.15) is 25.0 Å². The molecule has 0 spiro atoms. The maximum Gasteiger partial charge on any atom is 0.152 e. The van der Waals surface area contributed by atoms with Crippen LogP contribution in [0.25, 0.3) is 44.2 Å². The lowest BCUT2D eigenvalue weighted by Crippen LogP contribution is -2.32. The lowest BCUT2D eigenvalue weighted by Gasteiger charge is -2.45. The molecule has 3 heteroatoms. The highest BCUT2D eigenvalue weighted by Gasteiger charge is 2.42. The second-order valence-corrected chi connectivity index (χ2v) is 15.8. The van der Waals surface area contributed by atoms with E-state index in [4.69, 9.17) is 4.74 Å². The first-order chi connectivity index (χ1) is 28.5. The Morgan fingerprint density at radius 1 is 0.397 bits per heavy atom. The molecule has 0 bridgehead atoms. The van der Waals surface area contributed by atoms with E-state index in [1.165, 1.54) is 49.8 Å². The maximum atomic E-state index is 6.70. The van der Waals surface area contributed by atoms with Crippen LogP contribution in [-0.2, 0) is 5.41 Å². The molecule has 0 N–H and O–H groups in total. The van der Waals surface area contributed by atoms with Crippen LogP contribution in [0.4, 0.5) is 34.1 Å². The number of hydrogen-bond donors (Lipinski definition) is 0. The molecule has 0 unspecified atom stereocenters. The Morgan fingerprint density at radius 2 is 0.948 bits per heavy atom. The van der Waals surface area contributed by atoms with Crippen LogP contribution in [0.3, 0.4) is 0 Å². The molecule has 0 saturated heterocycles. The van der Waals surface area contributed by atoms with Gasteiger partial charge in [-0.3, -0.25) is 0 Å². The highest BCUT2D eigenvalue weighted by atomic mass is 16.5. The van der Waals surface area contributed by atoms with E-state index < -0.39 is 0 Å². The van der Waals surface area contributed by atoms with Gasteiger partial charge in [0.25, 0.3) is 0 Å². The average Bonchev–Trinajstić information content (AvgIpc) is 3.29. The first-order valence-electron chi connectivity index (χ1n) is 20.0. The summed E-state index contributed by atoms with van der Waals surface area (Å²) in [6, 6.07) is 74.4. The molecule has 3 nitrogen and oxygen atoms in total. The van der Waals surface area contributed by atoms with Crippen molar-refractivity contribution < 1.29 is 4.74 Å². The van der Waals surface area contributed by atoms with Gasteiger partial charge in [-0.2, -0.15) is 0 Å². The van der Waals surface area contributed by atoms with E-state index in [1.807, 2.05) is 0 Å². The fourth-order valence-electron chi connectivity index (χ4n) is 9.07. The van der Waals surface area contributed by atoms with Gasteiger partial charge in [0.05, 0.1) is 17.1 Å². The number of benzene rings is 9. The summed E-state index contributed by atoms with van der Waals surface area (Å²) in [6.45, 7) is 4.67. The van der Waals surface area contributed by atoms with Crippen molar-refractivity contribution in [3.63, 3.8) is 0 Å². The summed E-state index contributed by atoms with van der Waals surface area (Å²) < 4.78 is 6.70. The SMILES string of the molecule is CC1(C)c2ccc(-c3cccc(N(c4ccc(-c5ccccc5)cc4)c4ccc(-c5ccccc5)cc4)c3)cc2N2c3c(cccc31)Oc1ccc3ccccc3c12. The van der Waals surface area contributed by atoms with Crippen LogP contribution in [0.2, 0.25) is 0 Å². The summed E-state index contributed by atoms with van der Waals surface area (Å²) >= 11 is 0. The zero-order chi connectivity index (χ0) is 38.8. The van der Waals surface area contributed by atoms with Gasteiger partial charge in [-0.1, -0.05) is 166 Å². The third-order valence-corrected chi connectivity index (χ3v) is 12.0. The summed E-state index contributed by atoms with van der Waals surface area (Å²) in [5, 5.41) is 2.36. The lowest BCUT2D eigenvalue weighted by molar-refractivity contribution is 0.472. The summed E-state index contributed by atoms with van der Waals surface area (Å²) in [4.78, 5) is 4.83. The maximum absolute atomic E-state index is 6.70. The van der Waals surface area contributed by atoms with Gasteiger partial charge < -0.3 is 14.5 Å².